The average molecular weight is 265 g/mol. The van der Waals surface area contributed by atoms with Crippen LogP contribution >= 0.6 is 0 Å². The number of carbonyl (C=O) groups excluding carboxylic acids is 1. The number of halogens is 3. The first kappa shape index (κ1) is 13.3. The fourth-order valence-electron chi connectivity index (χ4n) is 1.65. The summed E-state index contributed by atoms with van der Waals surface area (Å²) in [7, 11) is 0. The van der Waals surface area contributed by atoms with E-state index in [1.165, 1.54) is 25.1 Å². The van der Waals surface area contributed by atoms with Gasteiger partial charge in [-0.1, -0.05) is 24.3 Å². The maximum Gasteiger partial charge on any atom is 0.433 e. The van der Waals surface area contributed by atoms with Crippen LogP contribution < -0.4 is 0 Å². The third-order valence-corrected chi connectivity index (χ3v) is 2.60. The quantitative estimate of drug-likeness (QED) is 0.769. The van der Waals surface area contributed by atoms with Gasteiger partial charge in [0.1, 0.15) is 5.69 Å². The van der Waals surface area contributed by atoms with E-state index >= 15 is 0 Å². The molecule has 0 aliphatic rings. The summed E-state index contributed by atoms with van der Waals surface area (Å²) < 4.78 is 37.7. The van der Waals surface area contributed by atoms with Gasteiger partial charge in [0.2, 0.25) is 0 Å². The summed E-state index contributed by atoms with van der Waals surface area (Å²) in [5.74, 6) is -0.145. The zero-order valence-electron chi connectivity index (χ0n) is 10.0. The first-order valence-electron chi connectivity index (χ1n) is 5.53. The lowest BCUT2D eigenvalue weighted by Gasteiger charge is -2.08. The van der Waals surface area contributed by atoms with Crippen LogP contribution in [0.2, 0.25) is 0 Å². The highest BCUT2D eigenvalue weighted by molar-refractivity contribution is 5.95. The molecule has 0 aliphatic heterocycles. The summed E-state index contributed by atoms with van der Waals surface area (Å²) in [6, 6.07) is 10.1. The highest BCUT2D eigenvalue weighted by Crippen LogP contribution is 2.29. The molecule has 0 spiro atoms. The van der Waals surface area contributed by atoms with Crippen LogP contribution in [-0.2, 0) is 6.18 Å². The fraction of sp³-hybridized carbons (Fsp3) is 0.143. The lowest BCUT2D eigenvalue weighted by atomic mass is 10.1. The second-order valence-electron chi connectivity index (χ2n) is 4.04. The summed E-state index contributed by atoms with van der Waals surface area (Å²) in [6.45, 7) is 1.40. The number of hydrogen-bond acceptors (Lipinski definition) is 2. The summed E-state index contributed by atoms with van der Waals surface area (Å²) in [4.78, 5) is 14.8. The van der Waals surface area contributed by atoms with Gasteiger partial charge in [-0.15, -0.1) is 0 Å². The molecule has 19 heavy (non-hydrogen) atoms. The first-order chi connectivity index (χ1) is 8.88. The Morgan fingerprint density at radius 2 is 1.79 bits per heavy atom. The van der Waals surface area contributed by atoms with E-state index in [0.29, 0.717) is 11.1 Å². The zero-order valence-corrected chi connectivity index (χ0v) is 10.0. The van der Waals surface area contributed by atoms with Crippen LogP contribution in [0.5, 0.6) is 0 Å². The molecule has 0 amide bonds. The van der Waals surface area contributed by atoms with E-state index in [4.69, 9.17) is 0 Å². The van der Waals surface area contributed by atoms with Gasteiger partial charge in [0, 0.05) is 11.1 Å². The van der Waals surface area contributed by atoms with Crippen molar-refractivity contribution < 1.29 is 18.0 Å². The molecular formula is C14H10F3NO. The van der Waals surface area contributed by atoms with Crippen LogP contribution in [-0.4, -0.2) is 10.8 Å². The van der Waals surface area contributed by atoms with Crippen molar-refractivity contribution in [1.82, 2.24) is 4.98 Å². The number of alkyl halides is 3. The monoisotopic (exact) mass is 265 g/mol. The molecule has 0 saturated carbocycles. The predicted molar refractivity (Wildman–Crippen MR) is 64.7 cm³/mol. The minimum atomic E-state index is -4.48. The molecule has 0 aliphatic carbocycles. The second kappa shape index (κ2) is 4.84. The highest BCUT2D eigenvalue weighted by Gasteiger charge is 2.32. The van der Waals surface area contributed by atoms with Crippen LogP contribution in [0.4, 0.5) is 13.2 Å². The van der Waals surface area contributed by atoms with Crippen molar-refractivity contribution in [2.75, 3.05) is 0 Å². The number of pyridine rings is 1. The Hall–Kier alpha value is -2.17. The van der Waals surface area contributed by atoms with Gasteiger partial charge in [0.25, 0.3) is 0 Å². The lowest BCUT2D eigenvalue weighted by molar-refractivity contribution is -0.141. The molecule has 2 aromatic rings. The van der Waals surface area contributed by atoms with E-state index in [0.717, 1.165) is 6.07 Å². The molecular weight excluding hydrogens is 255 g/mol. The number of nitrogens with zero attached hydrogens (tertiary/aromatic N) is 1. The van der Waals surface area contributed by atoms with Crippen LogP contribution in [0, 0.1) is 0 Å². The standard InChI is InChI=1S/C14H10F3NO/c1-9(19)10-4-2-5-11(8-10)12-6-3-7-13(18-12)14(15,16)17/h2-8H,1H3. The van der Waals surface area contributed by atoms with Crippen molar-refractivity contribution >= 4 is 5.78 Å². The lowest BCUT2D eigenvalue weighted by Crippen LogP contribution is -2.08. The van der Waals surface area contributed by atoms with Gasteiger partial charge in [0.05, 0.1) is 5.69 Å². The number of benzene rings is 1. The summed E-state index contributed by atoms with van der Waals surface area (Å²) in [5, 5.41) is 0. The topological polar surface area (TPSA) is 30.0 Å². The molecule has 0 bridgehead atoms. The Kier molecular flexibility index (Phi) is 3.38. The van der Waals surface area contributed by atoms with E-state index in [9.17, 15) is 18.0 Å². The number of aromatic nitrogens is 1. The molecule has 1 aromatic heterocycles. The third kappa shape index (κ3) is 2.99. The first-order valence-corrected chi connectivity index (χ1v) is 5.53. The molecule has 98 valence electrons. The number of rotatable bonds is 2. The SMILES string of the molecule is CC(=O)c1cccc(-c2cccc(C(F)(F)F)n2)c1. The molecule has 0 radical (unpaired) electrons. The second-order valence-corrected chi connectivity index (χ2v) is 4.04. The summed E-state index contributed by atoms with van der Waals surface area (Å²) in [5.41, 5.74) is 0.173. The molecule has 0 fully saturated rings. The van der Waals surface area contributed by atoms with Crippen molar-refractivity contribution in [1.29, 1.82) is 0 Å². The molecule has 2 nitrogen and oxygen atoms in total. The molecule has 0 N–H and O–H groups in total. The molecule has 0 atom stereocenters. The summed E-state index contributed by atoms with van der Waals surface area (Å²) in [6.07, 6.45) is -4.48. The van der Waals surface area contributed by atoms with Crippen molar-refractivity contribution in [3.05, 3.63) is 53.7 Å². The van der Waals surface area contributed by atoms with E-state index in [-0.39, 0.29) is 11.5 Å². The highest BCUT2D eigenvalue weighted by atomic mass is 19.4. The Bertz CT molecular complexity index is 620. The molecule has 2 rings (SSSR count). The van der Waals surface area contributed by atoms with Gasteiger partial charge in [-0.2, -0.15) is 13.2 Å². The minimum absolute atomic E-state index is 0.145. The number of carbonyl (C=O) groups is 1. The van der Waals surface area contributed by atoms with Gasteiger partial charge >= 0.3 is 6.18 Å². The third-order valence-electron chi connectivity index (χ3n) is 2.60. The maximum atomic E-state index is 12.6. The minimum Gasteiger partial charge on any atom is -0.295 e. The summed E-state index contributed by atoms with van der Waals surface area (Å²) >= 11 is 0. The zero-order chi connectivity index (χ0) is 14.0. The van der Waals surface area contributed by atoms with Crippen molar-refractivity contribution in [2.45, 2.75) is 13.1 Å². The number of Topliss-reactive ketones (excluding diaryl/α,β-unsaturated/α-hetero) is 1. The van der Waals surface area contributed by atoms with Gasteiger partial charge in [0.15, 0.2) is 5.78 Å². The maximum absolute atomic E-state index is 12.6. The Balaban J connectivity index is 2.48. The Morgan fingerprint density at radius 3 is 2.42 bits per heavy atom. The van der Waals surface area contributed by atoms with Crippen LogP contribution in [0.25, 0.3) is 11.3 Å². The fourth-order valence-corrected chi connectivity index (χ4v) is 1.65. The van der Waals surface area contributed by atoms with Gasteiger partial charge in [-0.3, -0.25) is 4.79 Å². The molecule has 5 heteroatoms. The molecule has 1 heterocycles. The number of ketones is 1. The Labute approximate surface area is 107 Å². The largest absolute Gasteiger partial charge is 0.433 e. The van der Waals surface area contributed by atoms with E-state index in [1.807, 2.05) is 0 Å². The van der Waals surface area contributed by atoms with Crippen LogP contribution in [0.3, 0.4) is 0 Å². The van der Waals surface area contributed by atoms with Crippen molar-refractivity contribution in [3.8, 4) is 11.3 Å². The molecule has 0 saturated heterocycles. The molecule has 0 unspecified atom stereocenters. The van der Waals surface area contributed by atoms with Crippen LogP contribution in [0.15, 0.2) is 42.5 Å². The van der Waals surface area contributed by atoms with Crippen molar-refractivity contribution in [3.63, 3.8) is 0 Å². The number of hydrogen-bond donors (Lipinski definition) is 0. The van der Waals surface area contributed by atoms with Gasteiger partial charge < -0.3 is 0 Å². The predicted octanol–water partition coefficient (Wildman–Crippen LogP) is 3.97. The van der Waals surface area contributed by atoms with Gasteiger partial charge in [-0.05, 0) is 25.1 Å². The normalized spacial score (nSPS) is 11.4. The molecule has 1 aromatic carbocycles. The van der Waals surface area contributed by atoms with Crippen molar-refractivity contribution in [2.24, 2.45) is 0 Å². The van der Waals surface area contributed by atoms with E-state index < -0.39 is 11.9 Å². The Morgan fingerprint density at radius 1 is 1.11 bits per heavy atom. The smallest absolute Gasteiger partial charge is 0.295 e. The van der Waals surface area contributed by atoms with E-state index in [2.05, 4.69) is 4.98 Å². The van der Waals surface area contributed by atoms with Gasteiger partial charge in [-0.25, -0.2) is 4.98 Å². The van der Waals surface area contributed by atoms with E-state index in [1.54, 1.807) is 18.2 Å². The average Bonchev–Trinajstić information content (AvgIpc) is 2.38. The van der Waals surface area contributed by atoms with Crippen LogP contribution in [0.1, 0.15) is 23.0 Å².